The Bertz CT molecular complexity index is 581. The third kappa shape index (κ3) is 5.27. The summed E-state index contributed by atoms with van der Waals surface area (Å²) in [5, 5.41) is 0. The van der Waals surface area contributed by atoms with Gasteiger partial charge in [0.2, 0.25) is 0 Å². The predicted molar refractivity (Wildman–Crippen MR) is 90.3 cm³/mol. The molecule has 0 amide bonds. The van der Waals surface area contributed by atoms with E-state index in [4.69, 9.17) is 3.63 Å². The highest BCUT2D eigenvalue weighted by Gasteiger charge is 2.02. The molecule has 0 fully saturated rings. The van der Waals surface area contributed by atoms with Gasteiger partial charge in [0, 0.05) is 77.8 Å². The summed E-state index contributed by atoms with van der Waals surface area (Å²) < 4.78 is 28.0. The zero-order valence-corrected chi connectivity index (χ0v) is 14.7. The maximum Gasteiger partial charge on any atom is 0.0498 e. The Morgan fingerprint density at radius 2 is 1.05 bits per heavy atom. The van der Waals surface area contributed by atoms with Crippen molar-refractivity contribution in [3.05, 3.63) is 48.5 Å². The largest absolute Gasteiger partial charge is 0.255 e. The van der Waals surface area contributed by atoms with Gasteiger partial charge < -0.3 is 0 Å². The number of hydrogen-bond acceptors (Lipinski definition) is 5. The molecule has 0 bridgehead atoms. The summed E-state index contributed by atoms with van der Waals surface area (Å²) in [7, 11) is -1.92. The molecule has 2 rings (SSSR count). The van der Waals surface area contributed by atoms with E-state index >= 15 is 0 Å². The van der Waals surface area contributed by atoms with Crippen molar-refractivity contribution >= 4 is 45.7 Å². The second-order valence-corrected chi connectivity index (χ2v) is 8.67. The van der Waals surface area contributed by atoms with Crippen molar-refractivity contribution < 1.29 is 12.0 Å². The van der Waals surface area contributed by atoms with Gasteiger partial charge in [0.1, 0.15) is 0 Å². The van der Waals surface area contributed by atoms with Crippen molar-refractivity contribution in [2.45, 2.75) is 19.6 Å². The van der Waals surface area contributed by atoms with Crippen LogP contribution in [0.2, 0.25) is 0 Å². The third-order valence-corrected chi connectivity index (χ3v) is 5.92. The van der Waals surface area contributed by atoms with Gasteiger partial charge in [-0.2, -0.15) is 0 Å². The molecule has 0 aliphatic carbocycles. The van der Waals surface area contributed by atoms with E-state index in [9.17, 15) is 8.42 Å². The molecular formula is C14H14O3S4. The van der Waals surface area contributed by atoms with Crippen LogP contribution in [-0.4, -0.2) is 20.9 Å². The van der Waals surface area contributed by atoms with Crippen LogP contribution < -0.4 is 0 Å². The van der Waals surface area contributed by atoms with Crippen LogP contribution in [0.25, 0.3) is 0 Å². The van der Waals surface area contributed by atoms with Gasteiger partial charge in [-0.1, -0.05) is 0 Å². The predicted octanol–water partition coefficient (Wildman–Crippen LogP) is 3.89. The summed E-state index contributed by atoms with van der Waals surface area (Å²) in [5.41, 5.74) is 0. The molecule has 0 aliphatic heterocycles. The van der Waals surface area contributed by atoms with Crippen molar-refractivity contribution in [2.24, 2.45) is 0 Å². The Hall–Kier alpha value is -0.600. The van der Waals surface area contributed by atoms with Gasteiger partial charge in [0.05, 0.1) is 0 Å². The lowest BCUT2D eigenvalue weighted by Gasteiger charge is -2.03. The van der Waals surface area contributed by atoms with Crippen LogP contribution >= 0.6 is 24.1 Å². The van der Waals surface area contributed by atoms with E-state index in [1.54, 1.807) is 12.5 Å². The average molecular weight is 359 g/mol. The van der Waals surface area contributed by atoms with Gasteiger partial charge in [-0.05, 0) is 48.5 Å². The quantitative estimate of drug-likeness (QED) is 0.733. The summed E-state index contributed by atoms with van der Waals surface area (Å²) in [6.45, 7) is 0. The molecule has 0 aliphatic rings. The number of benzene rings is 2. The first-order valence-corrected chi connectivity index (χ1v) is 10.5. The highest BCUT2D eigenvalue weighted by Crippen LogP contribution is 2.30. The molecule has 2 aromatic rings. The summed E-state index contributed by atoms with van der Waals surface area (Å²) in [6, 6.07) is 14.8. The van der Waals surface area contributed by atoms with Crippen LogP contribution in [0, 0.1) is 0 Å². The lowest BCUT2D eigenvalue weighted by Crippen LogP contribution is -1.86. The van der Waals surface area contributed by atoms with Crippen LogP contribution in [0.5, 0.6) is 0 Å². The fraction of sp³-hybridized carbons (Fsp3) is 0.143. The molecule has 0 saturated heterocycles. The Morgan fingerprint density at radius 3 is 1.33 bits per heavy atom. The number of rotatable bonds is 6. The van der Waals surface area contributed by atoms with Crippen molar-refractivity contribution in [3.8, 4) is 0 Å². The maximum absolute atomic E-state index is 11.3. The molecule has 7 heteroatoms. The molecule has 3 nitrogen and oxygen atoms in total. The van der Waals surface area contributed by atoms with Crippen molar-refractivity contribution in [3.63, 3.8) is 0 Å². The van der Waals surface area contributed by atoms with Crippen molar-refractivity contribution in [1.29, 1.82) is 0 Å². The first-order chi connectivity index (χ1) is 10.1. The van der Waals surface area contributed by atoms with Gasteiger partial charge in [0.25, 0.3) is 0 Å². The van der Waals surface area contributed by atoms with Crippen molar-refractivity contribution in [2.75, 3.05) is 12.5 Å². The average Bonchev–Trinajstić information content (AvgIpc) is 2.48. The van der Waals surface area contributed by atoms with E-state index < -0.39 is 21.6 Å². The minimum Gasteiger partial charge on any atom is -0.255 e. The molecule has 0 aromatic heterocycles. The Balaban J connectivity index is 1.86. The summed E-state index contributed by atoms with van der Waals surface area (Å²) in [4.78, 5) is 3.50. The lowest BCUT2D eigenvalue weighted by molar-refractivity contribution is 0.686. The second kappa shape index (κ2) is 8.14. The maximum atomic E-state index is 11.3. The summed E-state index contributed by atoms with van der Waals surface area (Å²) in [6.07, 6.45) is 3.31. The van der Waals surface area contributed by atoms with E-state index in [2.05, 4.69) is 0 Å². The molecule has 0 N–H and O–H groups in total. The Morgan fingerprint density at radius 1 is 0.714 bits per heavy atom. The van der Waals surface area contributed by atoms with Crippen LogP contribution in [0.1, 0.15) is 0 Å². The molecule has 112 valence electrons. The molecule has 21 heavy (non-hydrogen) atoms. The first-order valence-electron chi connectivity index (χ1n) is 5.94. The zero-order chi connectivity index (χ0) is 15.2. The van der Waals surface area contributed by atoms with Gasteiger partial charge in [-0.15, -0.1) is 0 Å². The fourth-order valence-corrected chi connectivity index (χ4v) is 3.77. The van der Waals surface area contributed by atoms with E-state index in [0.29, 0.717) is 0 Å². The monoisotopic (exact) mass is 358 g/mol. The highest BCUT2D eigenvalue weighted by molar-refractivity contribution is 8.07. The smallest absolute Gasteiger partial charge is 0.0498 e. The Kier molecular flexibility index (Phi) is 6.50. The first kappa shape index (κ1) is 16.8. The van der Waals surface area contributed by atoms with E-state index in [0.717, 1.165) is 19.6 Å². The minimum atomic E-state index is -0.959. The molecule has 2 aromatic carbocycles. The zero-order valence-electron chi connectivity index (χ0n) is 11.5. The fourth-order valence-electron chi connectivity index (χ4n) is 1.47. The molecule has 0 saturated carbocycles. The van der Waals surface area contributed by atoms with Gasteiger partial charge >= 0.3 is 0 Å². The molecule has 0 radical (unpaired) electrons. The van der Waals surface area contributed by atoms with Crippen molar-refractivity contribution in [1.82, 2.24) is 0 Å². The van der Waals surface area contributed by atoms with Gasteiger partial charge in [-0.3, -0.25) is 8.42 Å². The normalized spacial score (nSPS) is 13.8. The Labute approximate surface area is 138 Å². The third-order valence-electron chi connectivity index (χ3n) is 2.57. The summed E-state index contributed by atoms with van der Waals surface area (Å²) in [5.74, 6) is 0. The topological polar surface area (TPSA) is 43.4 Å². The second-order valence-electron chi connectivity index (χ2n) is 4.09. The van der Waals surface area contributed by atoms with E-state index in [1.165, 1.54) is 24.1 Å². The number of hydrogen-bond donors (Lipinski definition) is 0. The standard InChI is InChI=1S/C14H14O3S4/c1-20(15)13-7-3-11(4-8-13)18-17-19-12-5-9-14(10-6-12)21(2)16/h3-10H,1-2H3. The molecule has 0 spiro atoms. The SMILES string of the molecule is CS(=O)c1ccc(SOSc2ccc(S(C)=O)cc2)cc1. The van der Waals surface area contributed by atoms with Gasteiger partial charge in [0.15, 0.2) is 0 Å². The molecule has 2 unspecified atom stereocenters. The summed E-state index contributed by atoms with van der Waals surface area (Å²) >= 11 is 2.50. The molecular weight excluding hydrogens is 344 g/mol. The van der Waals surface area contributed by atoms with Crippen LogP contribution in [0.3, 0.4) is 0 Å². The van der Waals surface area contributed by atoms with Crippen LogP contribution in [0.4, 0.5) is 0 Å². The highest BCUT2D eigenvalue weighted by atomic mass is 32.2. The molecule has 2 atom stereocenters. The van der Waals surface area contributed by atoms with E-state index in [1.807, 2.05) is 48.5 Å². The molecule has 0 heterocycles. The van der Waals surface area contributed by atoms with E-state index in [-0.39, 0.29) is 0 Å². The minimum absolute atomic E-state index is 0.801. The van der Waals surface area contributed by atoms with Crippen LogP contribution in [0.15, 0.2) is 68.1 Å². The lowest BCUT2D eigenvalue weighted by atomic mass is 10.4. The van der Waals surface area contributed by atoms with Gasteiger partial charge in [-0.25, -0.2) is 3.63 Å². The van der Waals surface area contributed by atoms with Crippen LogP contribution in [-0.2, 0) is 25.2 Å².